The molecule has 0 bridgehead atoms. The van der Waals surface area contributed by atoms with E-state index in [0.717, 1.165) is 37.6 Å². The van der Waals surface area contributed by atoms with Crippen molar-refractivity contribution in [1.82, 2.24) is 10.3 Å². The Balaban J connectivity index is 2.20. The molecule has 0 amide bonds. The Kier molecular flexibility index (Phi) is 2.83. The Morgan fingerprint density at radius 3 is 2.60 bits per heavy atom. The minimum absolute atomic E-state index is 0.186. The summed E-state index contributed by atoms with van der Waals surface area (Å²) in [4.78, 5) is 4.35. The van der Waals surface area contributed by atoms with E-state index in [1.165, 1.54) is 0 Å². The molecule has 0 aromatic carbocycles. The van der Waals surface area contributed by atoms with Gasteiger partial charge in [-0.05, 0) is 25.9 Å². The third-order valence-electron chi connectivity index (χ3n) is 3.32. The van der Waals surface area contributed by atoms with Crippen LogP contribution >= 0.6 is 0 Å². The van der Waals surface area contributed by atoms with E-state index in [1.54, 1.807) is 0 Å². The Morgan fingerprint density at radius 1 is 1.40 bits per heavy atom. The first-order valence-corrected chi connectivity index (χ1v) is 5.79. The van der Waals surface area contributed by atoms with Crippen molar-refractivity contribution >= 4 is 0 Å². The summed E-state index contributed by atoms with van der Waals surface area (Å²) in [5.74, 6) is 2.31. The van der Waals surface area contributed by atoms with E-state index in [-0.39, 0.29) is 5.41 Å². The summed E-state index contributed by atoms with van der Waals surface area (Å²) in [6.07, 6.45) is 4.19. The summed E-state index contributed by atoms with van der Waals surface area (Å²) < 4.78 is 5.85. The molecular weight excluding hydrogens is 188 g/mol. The molecule has 1 aliphatic heterocycles. The molecule has 0 spiro atoms. The van der Waals surface area contributed by atoms with Crippen LogP contribution in [0.4, 0.5) is 0 Å². The highest BCUT2D eigenvalue weighted by Crippen LogP contribution is 2.34. The maximum Gasteiger partial charge on any atom is 0.196 e. The first kappa shape index (κ1) is 10.7. The topological polar surface area (TPSA) is 38.1 Å². The minimum atomic E-state index is 0.186. The molecule has 0 atom stereocenters. The molecule has 3 nitrogen and oxygen atoms in total. The molecule has 0 unspecified atom stereocenters. The first-order chi connectivity index (χ1) is 7.12. The van der Waals surface area contributed by atoms with Gasteiger partial charge in [0.05, 0.1) is 6.20 Å². The zero-order chi connectivity index (χ0) is 10.9. The fraction of sp³-hybridized carbons (Fsp3) is 0.750. The molecule has 0 aliphatic carbocycles. The fourth-order valence-corrected chi connectivity index (χ4v) is 2.06. The van der Waals surface area contributed by atoms with Gasteiger partial charge in [-0.3, -0.25) is 0 Å². The fourth-order valence-electron chi connectivity index (χ4n) is 2.06. The lowest BCUT2D eigenvalue weighted by atomic mass is 9.79. The number of aromatic nitrogens is 1. The lowest BCUT2D eigenvalue weighted by Crippen LogP contribution is -2.37. The third-order valence-corrected chi connectivity index (χ3v) is 3.32. The van der Waals surface area contributed by atoms with Crippen molar-refractivity contribution in [2.45, 2.75) is 44.9 Å². The predicted molar refractivity (Wildman–Crippen MR) is 60.0 cm³/mol. The van der Waals surface area contributed by atoms with Gasteiger partial charge >= 0.3 is 0 Å². The molecule has 2 heterocycles. The molecule has 1 fully saturated rings. The smallest absolute Gasteiger partial charge is 0.196 e. The van der Waals surface area contributed by atoms with Crippen molar-refractivity contribution in [1.29, 1.82) is 0 Å². The van der Waals surface area contributed by atoms with E-state index in [2.05, 4.69) is 31.1 Å². The van der Waals surface area contributed by atoms with E-state index < -0.39 is 0 Å². The van der Waals surface area contributed by atoms with E-state index in [9.17, 15) is 0 Å². The Morgan fingerprint density at radius 2 is 2.07 bits per heavy atom. The number of nitrogens with zero attached hydrogens (tertiary/aromatic N) is 1. The predicted octanol–water partition coefficient (Wildman–Crippen LogP) is 2.44. The third kappa shape index (κ3) is 2.07. The van der Waals surface area contributed by atoms with Gasteiger partial charge in [0.25, 0.3) is 0 Å². The quantitative estimate of drug-likeness (QED) is 0.811. The number of hydrogen-bond acceptors (Lipinski definition) is 3. The second kappa shape index (κ2) is 3.97. The monoisotopic (exact) mass is 208 g/mol. The SMILES string of the molecule is CC(C)c1ncc(C2(C)CCNCC2)o1. The maximum atomic E-state index is 5.85. The molecule has 1 aromatic rings. The van der Waals surface area contributed by atoms with E-state index in [1.807, 2.05) is 6.20 Å². The number of piperidine rings is 1. The number of oxazole rings is 1. The lowest BCUT2D eigenvalue weighted by Gasteiger charge is -2.31. The van der Waals surface area contributed by atoms with Gasteiger partial charge in [-0.15, -0.1) is 0 Å². The Hall–Kier alpha value is -0.830. The number of hydrogen-bond donors (Lipinski definition) is 1. The summed E-state index contributed by atoms with van der Waals surface area (Å²) in [6.45, 7) is 8.65. The maximum absolute atomic E-state index is 5.85. The van der Waals surface area contributed by atoms with E-state index in [4.69, 9.17) is 4.42 Å². The van der Waals surface area contributed by atoms with Crippen molar-refractivity contribution in [3.8, 4) is 0 Å². The van der Waals surface area contributed by atoms with Crippen LogP contribution in [0, 0.1) is 0 Å². The van der Waals surface area contributed by atoms with Crippen molar-refractivity contribution in [2.24, 2.45) is 0 Å². The molecule has 1 N–H and O–H groups in total. The molecule has 0 saturated carbocycles. The average Bonchev–Trinajstić information content (AvgIpc) is 2.68. The van der Waals surface area contributed by atoms with Crippen LogP contribution in [0.3, 0.4) is 0 Å². The van der Waals surface area contributed by atoms with E-state index in [0.29, 0.717) is 5.92 Å². The summed E-state index contributed by atoms with van der Waals surface area (Å²) in [6, 6.07) is 0. The average molecular weight is 208 g/mol. The summed E-state index contributed by atoms with van der Waals surface area (Å²) in [5.41, 5.74) is 0.186. The van der Waals surface area contributed by atoms with Crippen LogP contribution in [0.5, 0.6) is 0 Å². The van der Waals surface area contributed by atoms with Crippen LogP contribution in [0.2, 0.25) is 0 Å². The van der Waals surface area contributed by atoms with Gasteiger partial charge in [0, 0.05) is 11.3 Å². The van der Waals surface area contributed by atoms with E-state index >= 15 is 0 Å². The lowest BCUT2D eigenvalue weighted by molar-refractivity contribution is 0.269. The minimum Gasteiger partial charge on any atom is -0.445 e. The van der Waals surface area contributed by atoms with Crippen LogP contribution < -0.4 is 5.32 Å². The van der Waals surface area contributed by atoms with Crippen LogP contribution in [-0.4, -0.2) is 18.1 Å². The second-order valence-electron chi connectivity index (χ2n) is 5.03. The molecule has 1 aromatic heterocycles. The normalized spacial score (nSPS) is 20.8. The highest BCUT2D eigenvalue weighted by Gasteiger charge is 2.32. The summed E-state index contributed by atoms with van der Waals surface area (Å²) >= 11 is 0. The van der Waals surface area contributed by atoms with Crippen LogP contribution in [0.15, 0.2) is 10.6 Å². The van der Waals surface area contributed by atoms with Crippen molar-refractivity contribution in [3.63, 3.8) is 0 Å². The Bertz CT molecular complexity index is 324. The molecule has 84 valence electrons. The van der Waals surface area contributed by atoms with Crippen LogP contribution in [0.25, 0.3) is 0 Å². The molecule has 15 heavy (non-hydrogen) atoms. The van der Waals surface area contributed by atoms with Crippen LogP contribution in [0.1, 0.15) is 51.2 Å². The number of rotatable bonds is 2. The summed E-state index contributed by atoms with van der Waals surface area (Å²) in [7, 11) is 0. The molecule has 2 rings (SSSR count). The van der Waals surface area contributed by atoms with Gasteiger partial charge < -0.3 is 9.73 Å². The van der Waals surface area contributed by atoms with Gasteiger partial charge in [0.15, 0.2) is 5.89 Å². The zero-order valence-electron chi connectivity index (χ0n) is 9.84. The molecular formula is C12H20N2O. The van der Waals surface area contributed by atoms with Crippen LogP contribution in [-0.2, 0) is 5.41 Å². The molecule has 1 saturated heterocycles. The zero-order valence-corrected chi connectivity index (χ0v) is 9.84. The van der Waals surface area contributed by atoms with Crippen molar-refractivity contribution < 1.29 is 4.42 Å². The molecule has 0 radical (unpaired) electrons. The number of nitrogens with one attached hydrogen (secondary N) is 1. The highest BCUT2D eigenvalue weighted by molar-refractivity contribution is 5.12. The highest BCUT2D eigenvalue weighted by atomic mass is 16.4. The van der Waals surface area contributed by atoms with Gasteiger partial charge in [-0.1, -0.05) is 20.8 Å². The van der Waals surface area contributed by atoms with Gasteiger partial charge in [0.2, 0.25) is 0 Å². The summed E-state index contributed by atoms with van der Waals surface area (Å²) in [5, 5.41) is 3.38. The van der Waals surface area contributed by atoms with Gasteiger partial charge in [-0.2, -0.15) is 0 Å². The largest absolute Gasteiger partial charge is 0.445 e. The standard InChI is InChI=1S/C12H20N2O/c1-9(2)11-14-8-10(15-11)12(3)4-6-13-7-5-12/h8-9,13H,4-7H2,1-3H3. The molecule has 3 heteroatoms. The van der Waals surface area contributed by atoms with Gasteiger partial charge in [0.1, 0.15) is 5.76 Å². The van der Waals surface area contributed by atoms with Crippen molar-refractivity contribution in [2.75, 3.05) is 13.1 Å². The second-order valence-corrected chi connectivity index (χ2v) is 5.03. The van der Waals surface area contributed by atoms with Crippen molar-refractivity contribution in [3.05, 3.63) is 17.8 Å². The first-order valence-electron chi connectivity index (χ1n) is 5.79. The molecule has 1 aliphatic rings. The van der Waals surface area contributed by atoms with Gasteiger partial charge in [-0.25, -0.2) is 4.98 Å². The Labute approximate surface area is 91.3 Å².